The summed E-state index contributed by atoms with van der Waals surface area (Å²) in [7, 11) is 0. The number of carbonyl (C=O) groups is 6. The van der Waals surface area contributed by atoms with E-state index >= 15 is 0 Å². The van der Waals surface area contributed by atoms with E-state index in [0.717, 1.165) is 41.5 Å². The summed E-state index contributed by atoms with van der Waals surface area (Å²) in [4.78, 5) is 77.0. The molecule has 680 valence electrons. The molecule has 118 heavy (non-hydrogen) atoms. The lowest BCUT2D eigenvalue weighted by Gasteiger charge is -2.53. The molecule has 0 radical (unpaired) electrons. The topological polar surface area (TPSA) is 797 Å². The number of ether oxygens (including phenoxy) is 17. The number of nitrogens with one attached hydrogen (secondary N) is 6. The fourth-order valence-electron chi connectivity index (χ4n) is 15.3. The van der Waals surface area contributed by atoms with Gasteiger partial charge in [0.25, 0.3) is 0 Å². The van der Waals surface area contributed by atoms with Gasteiger partial charge in [0.05, 0.1) is 59.5 Å². The Hall–Kier alpha value is -4.78. The van der Waals surface area contributed by atoms with Crippen LogP contribution in [-0.4, -0.2) is 488 Å². The van der Waals surface area contributed by atoms with Crippen LogP contribution in [0.2, 0.25) is 0 Å². The zero-order chi connectivity index (χ0) is 87.1. The van der Waals surface area contributed by atoms with Crippen LogP contribution in [0.15, 0.2) is 0 Å². The molecule has 9 rings (SSSR count). The monoisotopic (exact) mass is 1720 g/mol. The maximum Gasteiger partial charge on any atom is 0.217 e. The fraction of sp³-hybridized carbons (Fsp3) is 0.909. The highest BCUT2D eigenvalue weighted by Gasteiger charge is 2.62. The molecule has 0 aromatic carbocycles. The first-order valence-electron chi connectivity index (χ1n) is 37.6. The predicted octanol–water partition coefficient (Wildman–Crippen LogP) is -19.8. The van der Waals surface area contributed by atoms with Crippen LogP contribution in [-0.2, 0) is 109 Å². The van der Waals surface area contributed by atoms with Gasteiger partial charge in [-0.25, -0.2) is 0 Å². The Bertz CT molecular complexity index is 3230. The van der Waals surface area contributed by atoms with Gasteiger partial charge in [-0.2, -0.15) is 0 Å². The van der Waals surface area contributed by atoms with Crippen LogP contribution in [0.4, 0.5) is 0 Å². The third-order valence-corrected chi connectivity index (χ3v) is 21.2. The van der Waals surface area contributed by atoms with E-state index in [1.807, 2.05) is 0 Å². The molecule has 9 saturated heterocycles. The highest BCUT2D eigenvalue weighted by atomic mass is 16.8. The fourth-order valence-corrected chi connectivity index (χ4v) is 15.3. The normalized spacial score (nSPS) is 46.9. The van der Waals surface area contributed by atoms with Crippen LogP contribution in [0.1, 0.15) is 41.5 Å². The number of hydrogen-bond donors (Lipinski definition) is 29. The van der Waals surface area contributed by atoms with E-state index in [1.54, 1.807) is 0 Å². The number of aliphatic hydroxyl groups excluding tert-OH is 23. The Morgan fingerprint density at radius 1 is 0.220 bits per heavy atom. The largest absolute Gasteiger partial charge is 0.394 e. The molecule has 9 aliphatic heterocycles. The van der Waals surface area contributed by atoms with Crippen molar-refractivity contribution in [3.8, 4) is 0 Å². The third kappa shape index (κ3) is 21.9. The minimum Gasteiger partial charge on any atom is -0.394 e. The third-order valence-electron chi connectivity index (χ3n) is 21.2. The first kappa shape index (κ1) is 97.0. The van der Waals surface area contributed by atoms with E-state index in [4.69, 9.17) is 80.5 Å². The molecule has 52 nitrogen and oxygen atoms in total. The highest BCUT2D eigenvalue weighted by molar-refractivity contribution is 5.75. The maximum atomic E-state index is 13.4. The summed E-state index contributed by atoms with van der Waals surface area (Å²) < 4.78 is 105. The van der Waals surface area contributed by atoms with Gasteiger partial charge in [-0.05, 0) is 0 Å². The van der Waals surface area contributed by atoms with E-state index in [0.29, 0.717) is 0 Å². The zero-order valence-electron chi connectivity index (χ0n) is 64.0. The van der Waals surface area contributed by atoms with Crippen LogP contribution < -0.4 is 31.9 Å². The van der Waals surface area contributed by atoms with Gasteiger partial charge in [0, 0.05) is 41.5 Å². The summed E-state index contributed by atoms with van der Waals surface area (Å²) in [6.45, 7) is -4.83. The second-order valence-corrected chi connectivity index (χ2v) is 29.6. The quantitative estimate of drug-likeness (QED) is 0.0306. The zero-order valence-corrected chi connectivity index (χ0v) is 64.0. The minimum atomic E-state index is -2.77. The van der Waals surface area contributed by atoms with Crippen LogP contribution in [0.25, 0.3) is 0 Å². The predicted molar refractivity (Wildman–Crippen MR) is 367 cm³/mol. The molecular formula is C66H110N6O46. The number of hydrogen-bond acceptors (Lipinski definition) is 46. The molecule has 29 N–H and O–H groups in total. The molecule has 45 unspecified atom stereocenters. The van der Waals surface area contributed by atoms with Gasteiger partial charge >= 0.3 is 0 Å². The van der Waals surface area contributed by atoms with Crippen molar-refractivity contribution in [2.45, 2.75) is 318 Å². The summed E-state index contributed by atoms with van der Waals surface area (Å²) in [5.41, 5.74) is 0. The molecule has 0 aromatic rings. The standard InChI is InChI=1S/C66H110N6O46/c1-16(81)67-31-46(96)51(27(12-78)103-58(31)101)112-63-36(72-21(6)86)47(97)52(28(13-79)109-63)114-64-50(100)55(116-66-57(118-62-35(71-20(5)85)45(95)40(90)25(10-76)107-62)49(99)53(29(14-80)110-66)113-59-32(68-17(2)82)42(92)37(87)22(7-73)104-59)54(115-60-33(69-18(3)83)43(93)38(88)23(8-74)105-60)30(111-64)15-102-65-56(48(98)41(91)26(11-77)108-65)117-61-34(70-19(4)84)44(94)39(89)24(9-75)106-61/h22-66,73-80,87-101H,7-15H2,1-6H3,(H,67,81)(H,68,82)(H,69,83)(H,70,84)(H,71,85)(H,72,86). The maximum absolute atomic E-state index is 13.4. The number of aliphatic hydroxyl groups is 23. The smallest absolute Gasteiger partial charge is 0.217 e. The molecule has 9 aliphatic rings. The van der Waals surface area contributed by atoms with Crippen molar-refractivity contribution in [3.05, 3.63) is 0 Å². The van der Waals surface area contributed by atoms with E-state index in [1.165, 1.54) is 0 Å². The van der Waals surface area contributed by atoms with E-state index < -0.39 is 371 Å². The van der Waals surface area contributed by atoms with Gasteiger partial charge in [0.2, 0.25) is 35.4 Å². The molecular weight excluding hydrogens is 1610 g/mol. The van der Waals surface area contributed by atoms with Gasteiger partial charge in [-0.15, -0.1) is 0 Å². The van der Waals surface area contributed by atoms with Crippen LogP contribution in [0, 0.1) is 0 Å². The molecule has 6 amide bonds. The first-order valence-corrected chi connectivity index (χ1v) is 37.6. The summed E-state index contributed by atoms with van der Waals surface area (Å²) >= 11 is 0. The van der Waals surface area contributed by atoms with Gasteiger partial charge in [0.1, 0.15) is 219 Å². The van der Waals surface area contributed by atoms with Crippen molar-refractivity contribution in [2.75, 3.05) is 59.5 Å². The van der Waals surface area contributed by atoms with Crippen molar-refractivity contribution < 1.29 is 227 Å². The first-order chi connectivity index (χ1) is 55.8. The molecule has 0 aliphatic carbocycles. The molecule has 9 fully saturated rings. The van der Waals surface area contributed by atoms with Crippen LogP contribution in [0.5, 0.6) is 0 Å². The van der Waals surface area contributed by atoms with Gasteiger partial charge < -0.3 is 230 Å². The summed E-state index contributed by atoms with van der Waals surface area (Å²) in [5.74, 6) is -5.55. The molecule has 52 heteroatoms. The molecule has 0 spiro atoms. The molecule has 0 saturated carbocycles. The van der Waals surface area contributed by atoms with Gasteiger partial charge in [-0.3, -0.25) is 28.8 Å². The lowest BCUT2D eigenvalue weighted by Crippen LogP contribution is -2.72. The number of amides is 6. The van der Waals surface area contributed by atoms with E-state index in [-0.39, 0.29) is 0 Å². The number of carbonyl (C=O) groups excluding carboxylic acids is 6. The Labute approximate surface area is 669 Å². The van der Waals surface area contributed by atoms with Crippen molar-refractivity contribution >= 4 is 35.4 Å². The Morgan fingerprint density at radius 3 is 0.805 bits per heavy atom. The molecule has 45 atom stereocenters. The van der Waals surface area contributed by atoms with Gasteiger partial charge in [-0.1, -0.05) is 0 Å². The van der Waals surface area contributed by atoms with Crippen LogP contribution in [0.3, 0.4) is 0 Å². The Kier molecular flexibility index (Phi) is 35.1. The second kappa shape index (κ2) is 42.7. The molecule has 0 bridgehead atoms. The van der Waals surface area contributed by atoms with Crippen molar-refractivity contribution in [3.63, 3.8) is 0 Å². The SMILES string of the molecule is CC(=O)NC1C(O)OC(CO)C(OC2OC(CO)C(OC3OC(COC4OC(CO)C(O)C(O)C4OC4OC(CO)C(O)C(O)C4NC(C)=O)C(OC4OC(CO)C(O)C(O)C4NC(C)=O)C(OC4OC(CO)C(OC5OC(CO)C(O)C(O)C5NC(C)=O)C(O)C4OC4OC(CO)C(O)C(O)C4NC(C)=O)C3O)C(O)C2NC(C)=O)C1O. The van der Waals surface area contributed by atoms with E-state index in [9.17, 15) is 146 Å². The van der Waals surface area contributed by atoms with Crippen molar-refractivity contribution in [1.82, 2.24) is 31.9 Å². The van der Waals surface area contributed by atoms with Crippen LogP contribution >= 0.6 is 0 Å². The Morgan fingerprint density at radius 2 is 0.458 bits per heavy atom. The summed E-state index contributed by atoms with van der Waals surface area (Å²) in [6.07, 6.45) is -84.7. The van der Waals surface area contributed by atoms with E-state index in [2.05, 4.69) is 31.9 Å². The minimum absolute atomic E-state index is 0.814. The molecule has 0 aromatic heterocycles. The lowest BCUT2D eigenvalue weighted by molar-refractivity contribution is -0.412. The summed E-state index contributed by atoms with van der Waals surface area (Å²) in [6, 6.07) is -11.4. The molecule has 9 heterocycles. The summed E-state index contributed by atoms with van der Waals surface area (Å²) in [5, 5.41) is 275. The Balaban J connectivity index is 1.22. The van der Waals surface area contributed by atoms with Gasteiger partial charge in [0.15, 0.2) is 56.6 Å². The lowest BCUT2D eigenvalue weighted by atomic mass is 9.93. The van der Waals surface area contributed by atoms with Crippen molar-refractivity contribution in [2.24, 2.45) is 0 Å². The number of rotatable bonds is 31. The average Bonchev–Trinajstić information content (AvgIpc) is 0.759. The van der Waals surface area contributed by atoms with Crippen molar-refractivity contribution in [1.29, 1.82) is 0 Å². The second-order valence-electron chi connectivity index (χ2n) is 29.6. The average molecular weight is 1720 g/mol. The highest BCUT2D eigenvalue weighted by Crippen LogP contribution is 2.41.